The van der Waals surface area contributed by atoms with Crippen LogP contribution in [0.2, 0.25) is 5.02 Å². The molecule has 90 valence electrons. The first-order chi connectivity index (χ1) is 8.29. The fourth-order valence-electron chi connectivity index (χ4n) is 1.30. The van der Waals surface area contributed by atoms with Crippen LogP contribution in [0.25, 0.3) is 0 Å². The molecule has 4 nitrogen and oxygen atoms in total. The van der Waals surface area contributed by atoms with Crippen LogP contribution >= 0.6 is 23.4 Å². The Morgan fingerprint density at radius 3 is 2.88 bits per heavy atom. The Morgan fingerprint density at radius 2 is 2.12 bits per heavy atom. The number of rotatable bonds is 5. The van der Waals surface area contributed by atoms with E-state index in [1.54, 1.807) is 0 Å². The van der Waals surface area contributed by atoms with Gasteiger partial charge in [-0.05, 0) is 11.6 Å². The van der Waals surface area contributed by atoms with E-state index in [1.807, 2.05) is 24.3 Å². The second kappa shape index (κ2) is 6.05. The van der Waals surface area contributed by atoms with Gasteiger partial charge in [0, 0.05) is 10.8 Å². The van der Waals surface area contributed by atoms with E-state index in [2.05, 4.69) is 15.9 Å². The van der Waals surface area contributed by atoms with Crippen molar-refractivity contribution in [1.82, 2.24) is 10.2 Å². The SMILES string of the molecule is [NH3+]CCc1nnc(SCc2ccccc2Cl)o1. The number of hydrogen-bond acceptors (Lipinski definition) is 4. The molecule has 0 aliphatic rings. The van der Waals surface area contributed by atoms with Gasteiger partial charge in [0.2, 0.25) is 5.89 Å². The van der Waals surface area contributed by atoms with Crippen LogP contribution in [0.1, 0.15) is 11.5 Å². The molecule has 0 unspecified atom stereocenters. The van der Waals surface area contributed by atoms with E-state index in [9.17, 15) is 0 Å². The van der Waals surface area contributed by atoms with E-state index in [0.29, 0.717) is 11.1 Å². The lowest BCUT2D eigenvalue weighted by Gasteiger charge is -2.00. The molecule has 1 aromatic carbocycles. The Bertz CT molecular complexity index is 489. The predicted molar refractivity (Wildman–Crippen MR) is 66.8 cm³/mol. The molecular weight excluding hydrogens is 258 g/mol. The van der Waals surface area contributed by atoms with Crippen molar-refractivity contribution in [3.8, 4) is 0 Å². The minimum absolute atomic E-state index is 0.577. The molecule has 0 amide bonds. The molecule has 3 N–H and O–H groups in total. The highest BCUT2D eigenvalue weighted by Crippen LogP contribution is 2.25. The van der Waals surface area contributed by atoms with Crippen LogP contribution in [0, 0.1) is 0 Å². The maximum Gasteiger partial charge on any atom is 0.276 e. The molecular formula is C11H13ClN3OS+. The van der Waals surface area contributed by atoms with Crippen LogP contribution in [0.3, 0.4) is 0 Å². The zero-order valence-electron chi connectivity index (χ0n) is 9.23. The minimum atomic E-state index is 0.577. The number of nitrogens with zero attached hydrogens (tertiary/aromatic N) is 2. The molecule has 1 heterocycles. The van der Waals surface area contributed by atoms with Gasteiger partial charge in [-0.15, -0.1) is 10.2 Å². The second-order valence-corrected chi connectivity index (χ2v) is 4.78. The lowest BCUT2D eigenvalue weighted by atomic mass is 10.2. The molecule has 17 heavy (non-hydrogen) atoms. The number of aromatic nitrogens is 2. The Balaban J connectivity index is 1.95. The van der Waals surface area contributed by atoms with Gasteiger partial charge in [0.25, 0.3) is 5.22 Å². The van der Waals surface area contributed by atoms with Gasteiger partial charge in [-0.2, -0.15) is 0 Å². The quantitative estimate of drug-likeness (QED) is 0.842. The lowest BCUT2D eigenvalue weighted by Crippen LogP contribution is -2.51. The molecule has 0 fully saturated rings. The summed E-state index contributed by atoms with van der Waals surface area (Å²) in [5, 5.41) is 9.22. The van der Waals surface area contributed by atoms with E-state index >= 15 is 0 Å². The molecule has 0 aliphatic carbocycles. The zero-order valence-corrected chi connectivity index (χ0v) is 10.8. The Hall–Kier alpha value is -1.04. The summed E-state index contributed by atoms with van der Waals surface area (Å²) in [6, 6.07) is 7.74. The van der Waals surface area contributed by atoms with Gasteiger partial charge in [-0.25, -0.2) is 0 Å². The van der Waals surface area contributed by atoms with Gasteiger partial charge in [0.1, 0.15) is 0 Å². The summed E-state index contributed by atoms with van der Waals surface area (Å²) in [7, 11) is 0. The first-order valence-electron chi connectivity index (χ1n) is 5.27. The number of halogens is 1. The molecule has 2 aromatic rings. The fourth-order valence-corrected chi connectivity index (χ4v) is 2.37. The highest BCUT2D eigenvalue weighted by atomic mass is 35.5. The summed E-state index contributed by atoms with van der Waals surface area (Å²) in [4.78, 5) is 0. The molecule has 0 spiro atoms. The fraction of sp³-hybridized carbons (Fsp3) is 0.273. The van der Waals surface area contributed by atoms with Crippen LogP contribution in [-0.2, 0) is 12.2 Å². The van der Waals surface area contributed by atoms with Crippen molar-refractivity contribution in [3.63, 3.8) is 0 Å². The van der Waals surface area contributed by atoms with E-state index < -0.39 is 0 Å². The van der Waals surface area contributed by atoms with E-state index in [-0.39, 0.29) is 0 Å². The molecule has 0 saturated carbocycles. The minimum Gasteiger partial charge on any atom is -0.416 e. The average molecular weight is 271 g/mol. The van der Waals surface area contributed by atoms with Gasteiger partial charge in [0.05, 0.1) is 13.0 Å². The highest BCUT2D eigenvalue weighted by Gasteiger charge is 2.07. The normalized spacial score (nSPS) is 10.7. The molecule has 0 bridgehead atoms. The van der Waals surface area contributed by atoms with Gasteiger partial charge in [0.15, 0.2) is 0 Å². The molecule has 0 aliphatic heterocycles. The van der Waals surface area contributed by atoms with Crippen LogP contribution in [0.4, 0.5) is 0 Å². The number of quaternary nitrogens is 1. The molecule has 2 rings (SSSR count). The molecule has 0 saturated heterocycles. The van der Waals surface area contributed by atoms with Crippen LogP contribution < -0.4 is 5.73 Å². The van der Waals surface area contributed by atoms with Gasteiger partial charge in [-0.1, -0.05) is 41.6 Å². The summed E-state index contributed by atoms with van der Waals surface area (Å²) in [6.07, 6.45) is 0.722. The third-order valence-corrected chi connectivity index (χ3v) is 3.38. The molecule has 1 aromatic heterocycles. The summed E-state index contributed by atoms with van der Waals surface area (Å²) in [5.74, 6) is 1.37. The van der Waals surface area contributed by atoms with Gasteiger partial charge < -0.3 is 10.2 Å². The molecule has 6 heteroatoms. The monoisotopic (exact) mass is 270 g/mol. The third-order valence-electron chi connectivity index (χ3n) is 2.15. The summed E-state index contributed by atoms with van der Waals surface area (Å²) in [5.41, 5.74) is 4.81. The summed E-state index contributed by atoms with van der Waals surface area (Å²) < 4.78 is 5.44. The second-order valence-electron chi connectivity index (χ2n) is 3.45. The Kier molecular flexibility index (Phi) is 4.42. The Morgan fingerprint density at radius 1 is 1.29 bits per heavy atom. The van der Waals surface area contributed by atoms with Crippen molar-refractivity contribution in [2.75, 3.05) is 6.54 Å². The van der Waals surface area contributed by atoms with E-state index in [0.717, 1.165) is 29.3 Å². The predicted octanol–water partition coefficient (Wildman–Crippen LogP) is 1.80. The zero-order chi connectivity index (χ0) is 12.1. The number of benzene rings is 1. The van der Waals surface area contributed by atoms with Gasteiger partial charge >= 0.3 is 0 Å². The van der Waals surface area contributed by atoms with Crippen LogP contribution in [0.15, 0.2) is 33.9 Å². The summed E-state index contributed by atoms with van der Waals surface area (Å²) in [6.45, 7) is 0.761. The Labute approximate surface area is 109 Å². The largest absolute Gasteiger partial charge is 0.416 e. The first kappa shape index (κ1) is 12.4. The van der Waals surface area contributed by atoms with Crippen molar-refractivity contribution in [2.45, 2.75) is 17.4 Å². The van der Waals surface area contributed by atoms with Crippen molar-refractivity contribution >= 4 is 23.4 Å². The summed E-state index contributed by atoms with van der Waals surface area (Å²) >= 11 is 7.55. The maximum atomic E-state index is 6.06. The maximum absolute atomic E-state index is 6.06. The number of hydrogen-bond donors (Lipinski definition) is 1. The van der Waals surface area contributed by atoms with Gasteiger partial charge in [-0.3, -0.25) is 0 Å². The van der Waals surface area contributed by atoms with Crippen LogP contribution in [0.5, 0.6) is 0 Å². The van der Waals surface area contributed by atoms with E-state index in [4.69, 9.17) is 16.0 Å². The van der Waals surface area contributed by atoms with Crippen molar-refractivity contribution < 1.29 is 10.2 Å². The lowest BCUT2D eigenvalue weighted by molar-refractivity contribution is -0.367. The third kappa shape index (κ3) is 3.46. The first-order valence-corrected chi connectivity index (χ1v) is 6.64. The highest BCUT2D eigenvalue weighted by molar-refractivity contribution is 7.98. The van der Waals surface area contributed by atoms with Crippen LogP contribution in [-0.4, -0.2) is 16.7 Å². The number of thioether (sulfide) groups is 1. The molecule has 0 radical (unpaired) electrons. The van der Waals surface area contributed by atoms with Crippen molar-refractivity contribution in [3.05, 3.63) is 40.7 Å². The average Bonchev–Trinajstić information content (AvgIpc) is 2.76. The van der Waals surface area contributed by atoms with Crippen molar-refractivity contribution in [2.24, 2.45) is 0 Å². The topological polar surface area (TPSA) is 66.6 Å². The molecule has 0 atom stereocenters. The standard InChI is InChI=1S/C11H12ClN3OS/c12-9-4-2-1-3-8(9)7-17-11-15-14-10(16-11)5-6-13/h1-4H,5-7,13H2/p+1. The smallest absolute Gasteiger partial charge is 0.276 e. The van der Waals surface area contributed by atoms with Crippen molar-refractivity contribution in [1.29, 1.82) is 0 Å². The van der Waals surface area contributed by atoms with E-state index in [1.165, 1.54) is 11.8 Å².